The van der Waals surface area contributed by atoms with Gasteiger partial charge >= 0.3 is 0 Å². The van der Waals surface area contributed by atoms with Crippen molar-refractivity contribution in [2.45, 2.75) is 58.4 Å². The van der Waals surface area contributed by atoms with Crippen molar-refractivity contribution in [1.82, 2.24) is 10.6 Å². The van der Waals surface area contributed by atoms with Gasteiger partial charge in [0.25, 0.3) is 0 Å². The van der Waals surface area contributed by atoms with Crippen LogP contribution < -0.4 is 10.6 Å². The third-order valence-electron chi connectivity index (χ3n) is 4.13. The summed E-state index contributed by atoms with van der Waals surface area (Å²) in [5.74, 6) is 0.498. The first-order chi connectivity index (χ1) is 7.67. The summed E-state index contributed by atoms with van der Waals surface area (Å²) in [4.78, 5) is 12.2. The zero-order chi connectivity index (χ0) is 12.0. The molecule has 1 fully saturated rings. The van der Waals surface area contributed by atoms with Gasteiger partial charge in [-0.25, -0.2) is 0 Å². The van der Waals surface area contributed by atoms with Crippen molar-refractivity contribution in [3.8, 4) is 0 Å². The summed E-state index contributed by atoms with van der Waals surface area (Å²) in [6, 6.07) is 0. The van der Waals surface area contributed by atoms with Crippen molar-refractivity contribution in [2.24, 2.45) is 5.92 Å². The van der Waals surface area contributed by atoms with E-state index < -0.39 is 0 Å². The molecule has 102 valence electrons. The van der Waals surface area contributed by atoms with Crippen molar-refractivity contribution in [3.63, 3.8) is 0 Å². The molecule has 4 heteroatoms. The highest BCUT2D eigenvalue weighted by Crippen LogP contribution is 2.21. The topological polar surface area (TPSA) is 41.1 Å². The molecule has 0 atom stereocenters. The molecule has 2 N–H and O–H groups in total. The highest BCUT2D eigenvalue weighted by molar-refractivity contribution is 5.85. The Balaban J connectivity index is 0.00000256. The summed E-state index contributed by atoms with van der Waals surface area (Å²) in [6.07, 6.45) is 5.04. The van der Waals surface area contributed by atoms with E-state index in [4.69, 9.17) is 0 Å². The van der Waals surface area contributed by atoms with E-state index in [-0.39, 0.29) is 29.8 Å². The average Bonchev–Trinajstić information content (AvgIpc) is 2.37. The summed E-state index contributed by atoms with van der Waals surface area (Å²) >= 11 is 0. The summed E-state index contributed by atoms with van der Waals surface area (Å²) in [5, 5.41) is 6.58. The quantitative estimate of drug-likeness (QED) is 0.799. The van der Waals surface area contributed by atoms with E-state index in [0.29, 0.717) is 0 Å². The van der Waals surface area contributed by atoms with Gasteiger partial charge in [0.15, 0.2) is 0 Å². The number of rotatable bonds is 5. The predicted octanol–water partition coefficient (Wildman–Crippen LogP) is 2.49. The molecule has 0 unspecified atom stereocenters. The Morgan fingerprint density at radius 1 is 1.18 bits per heavy atom. The highest BCUT2D eigenvalue weighted by atomic mass is 35.5. The summed E-state index contributed by atoms with van der Waals surface area (Å²) in [7, 11) is 0. The van der Waals surface area contributed by atoms with E-state index in [9.17, 15) is 4.79 Å². The predicted molar refractivity (Wildman–Crippen MR) is 74.6 cm³/mol. The smallest absolute Gasteiger partial charge is 0.223 e. The molecule has 0 aliphatic carbocycles. The number of nitrogens with one attached hydrogen (secondary N) is 2. The lowest BCUT2D eigenvalue weighted by molar-refractivity contribution is -0.128. The van der Waals surface area contributed by atoms with E-state index in [2.05, 4.69) is 31.4 Å². The van der Waals surface area contributed by atoms with Crippen LogP contribution in [0, 0.1) is 5.92 Å². The van der Waals surface area contributed by atoms with Crippen LogP contribution in [-0.4, -0.2) is 24.5 Å². The van der Waals surface area contributed by atoms with E-state index in [1.165, 1.54) is 0 Å². The van der Waals surface area contributed by atoms with Gasteiger partial charge < -0.3 is 10.6 Å². The van der Waals surface area contributed by atoms with Crippen molar-refractivity contribution >= 4 is 18.3 Å². The Hall–Kier alpha value is -0.280. The molecule has 1 aliphatic heterocycles. The van der Waals surface area contributed by atoms with Crippen LogP contribution in [0.5, 0.6) is 0 Å². The fourth-order valence-electron chi connectivity index (χ4n) is 2.46. The van der Waals surface area contributed by atoms with Crippen LogP contribution in [0.25, 0.3) is 0 Å². The lowest BCUT2D eigenvalue weighted by Gasteiger charge is -2.34. The molecular weight excluding hydrogens is 236 g/mol. The van der Waals surface area contributed by atoms with E-state index >= 15 is 0 Å². The SMILES string of the molecule is CCC(CC)(CC)NC(=O)C1CCNCC1.Cl. The monoisotopic (exact) mass is 262 g/mol. The van der Waals surface area contributed by atoms with Crippen LogP contribution in [0.2, 0.25) is 0 Å². The molecule has 1 aliphatic rings. The molecule has 1 amide bonds. The van der Waals surface area contributed by atoms with Crippen LogP contribution in [0.15, 0.2) is 0 Å². The Kier molecular flexibility index (Phi) is 7.80. The Bertz CT molecular complexity index is 215. The summed E-state index contributed by atoms with van der Waals surface area (Å²) in [5.41, 5.74) is 0.0297. The molecule has 0 aromatic rings. The Morgan fingerprint density at radius 3 is 2.06 bits per heavy atom. The van der Waals surface area contributed by atoms with Gasteiger partial charge in [-0.2, -0.15) is 0 Å². The van der Waals surface area contributed by atoms with Crippen molar-refractivity contribution < 1.29 is 4.79 Å². The molecule has 0 spiro atoms. The maximum Gasteiger partial charge on any atom is 0.223 e. The second-order valence-corrected chi connectivity index (χ2v) is 4.85. The highest BCUT2D eigenvalue weighted by Gasteiger charge is 2.29. The van der Waals surface area contributed by atoms with Crippen LogP contribution in [0.3, 0.4) is 0 Å². The minimum Gasteiger partial charge on any atom is -0.350 e. The fraction of sp³-hybridized carbons (Fsp3) is 0.923. The lowest BCUT2D eigenvalue weighted by Crippen LogP contribution is -2.50. The molecule has 1 heterocycles. The zero-order valence-electron chi connectivity index (χ0n) is 11.3. The molecule has 3 nitrogen and oxygen atoms in total. The maximum absolute atomic E-state index is 12.2. The lowest BCUT2D eigenvalue weighted by atomic mass is 9.88. The van der Waals surface area contributed by atoms with Gasteiger partial charge in [0, 0.05) is 11.5 Å². The van der Waals surface area contributed by atoms with Crippen molar-refractivity contribution in [3.05, 3.63) is 0 Å². The first-order valence-electron chi connectivity index (χ1n) is 6.70. The molecule has 17 heavy (non-hydrogen) atoms. The molecule has 0 aromatic heterocycles. The summed E-state index contributed by atoms with van der Waals surface area (Å²) in [6.45, 7) is 8.45. The van der Waals surface area contributed by atoms with Gasteiger partial charge in [0.2, 0.25) is 5.91 Å². The second-order valence-electron chi connectivity index (χ2n) is 4.85. The Labute approximate surface area is 112 Å². The first kappa shape index (κ1) is 16.7. The maximum atomic E-state index is 12.2. The number of hydrogen-bond donors (Lipinski definition) is 2. The minimum atomic E-state index is 0. The number of carbonyl (C=O) groups excluding carboxylic acids is 1. The van der Waals surface area contributed by atoms with Crippen molar-refractivity contribution in [1.29, 1.82) is 0 Å². The third kappa shape index (κ3) is 4.47. The number of piperidine rings is 1. The molecule has 0 bridgehead atoms. The number of amides is 1. The van der Waals surface area contributed by atoms with E-state index in [0.717, 1.165) is 45.2 Å². The van der Waals surface area contributed by atoms with E-state index in [1.807, 2.05) is 0 Å². The van der Waals surface area contributed by atoms with Gasteiger partial charge in [0.1, 0.15) is 0 Å². The van der Waals surface area contributed by atoms with Gasteiger partial charge in [-0.3, -0.25) is 4.79 Å². The molecule has 0 radical (unpaired) electrons. The second kappa shape index (κ2) is 7.93. The van der Waals surface area contributed by atoms with Crippen LogP contribution in [0.4, 0.5) is 0 Å². The Morgan fingerprint density at radius 2 is 1.65 bits per heavy atom. The van der Waals surface area contributed by atoms with Gasteiger partial charge in [-0.15, -0.1) is 12.4 Å². The number of hydrogen-bond acceptors (Lipinski definition) is 2. The van der Waals surface area contributed by atoms with Crippen LogP contribution in [0.1, 0.15) is 52.9 Å². The molecule has 0 aromatic carbocycles. The van der Waals surface area contributed by atoms with Gasteiger partial charge in [0.05, 0.1) is 0 Å². The van der Waals surface area contributed by atoms with Crippen LogP contribution >= 0.6 is 12.4 Å². The minimum absolute atomic E-state index is 0. The number of carbonyl (C=O) groups is 1. The third-order valence-corrected chi connectivity index (χ3v) is 4.13. The van der Waals surface area contributed by atoms with E-state index in [1.54, 1.807) is 0 Å². The molecular formula is C13H27ClN2O. The first-order valence-corrected chi connectivity index (χ1v) is 6.70. The fourth-order valence-corrected chi connectivity index (χ4v) is 2.46. The standard InChI is InChI=1S/C13H26N2O.ClH/c1-4-13(5-2,6-3)15-12(16)11-7-9-14-10-8-11;/h11,14H,4-10H2,1-3H3,(H,15,16);1H. The number of halogens is 1. The molecule has 1 saturated heterocycles. The zero-order valence-corrected chi connectivity index (χ0v) is 12.2. The summed E-state index contributed by atoms with van der Waals surface area (Å²) < 4.78 is 0. The average molecular weight is 263 g/mol. The normalized spacial score (nSPS) is 17.4. The molecule has 0 saturated carbocycles. The molecule has 1 rings (SSSR count). The van der Waals surface area contributed by atoms with Gasteiger partial charge in [-0.1, -0.05) is 20.8 Å². The van der Waals surface area contributed by atoms with Crippen LogP contribution in [-0.2, 0) is 4.79 Å². The van der Waals surface area contributed by atoms with Gasteiger partial charge in [-0.05, 0) is 45.2 Å². The largest absolute Gasteiger partial charge is 0.350 e. The van der Waals surface area contributed by atoms with Crippen molar-refractivity contribution in [2.75, 3.05) is 13.1 Å².